The standard InChI is InChI=1S/C3H7ClO4S/c4-3(1-2-5)9(6,7)8/h3,5H,1-2H2,(H,6,7,8). The van der Waals surface area contributed by atoms with Crippen LogP contribution in [-0.2, 0) is 10.1 Å². The molecule has 0 saturated heterocycles. The molecule has 0 aromatic heterocycles. The van der Waals surface area contributed by atoms with Crippen LogP contribution in [0.1, 0.15) is 6.42 Å². The van der Waals surface area contributed by atoms with Crippen molar-refractivity contribution in [3.63, 3.8) is 0 Å². The molecule has 0 aliphatic carbocycles. The fourth-order valence-corrected chi connectivity index (χ4v) is 0.751. The highest BCUT2D eigenvalue weighted by molar-refractivity contribution is 7.87. The highest BCUT2D eigenvalue weighted by Gasteiger charge is 2.18. The van der Waals surface area contributed by atoms with Crippen molar-refractivity contribution < 1.29 is 18.1 Å². The minimum atomic E-state index is -4.16. The summed E-state index contributed by atoms with van der Waals surface area (Å²) >= 11 is 5.06. The average molecular weight is 175 g/mol. The van der Waals surface area contributed by atoms with Crippen LogP contribution in [-0.4, -0.2) is 29.4 Å². The van der Waals surface area contributed by atoms with Gasteiger partial charge in [-0.05, 0) is 0 Å². The van der Waals surface area contributed by atoms with Crippen molar-refractivity contribution in [3.8, 4) is 0 Å². The first-order valence-corrected chi connectivity index (χ1v) is 4.13. The van der Waals surface area contributed by atoms with Crippen LogP contribution in [0.15, 0.2) is 0 Å². The van der Waals surface area contributed by atoms with E-state index in [1.54, 1.807) is 0 Å². The summed E-state index contributed by atoms with van der Waals surface area (Å²) in [6.07, 6.45) is -0.152. The molecular weight excluding hydrogens is 168 g/mol. The summed E-state index contributed by atoms with van der Waals surface area (Å²) in [7, 11) is -4.16. The van der Waals surface area contributed by atoms with Crippen molar-refractivity contribution in [1.29, 1.82) is 0 Å². The highest BCUT2D eigenvalue weighted by atomic mass is 35.5. The Morgan fingerprint density at radius 1 is 1.56 bits per heavy atom. The molecular formula is C3H7ClO4S. The van der Waals surface area contributed by atoms with E-state index in [1.165, 1.54) is 0 Å². The van der Waals surface area contributed by atoms with Crippen LogP contribution in [0.25, 0.3) is 0 Å². The van der Waals surface area contributed by atoms with Gasteiger partial charge in [0.1, 0.15) is 0 Å². The second-order valence-electron chi connectivity index (χ2n) is 1.44. The molecule has 0 radical (unpaired) electrons. The van der Waals surface area contributed by atoms with Gasteiger partial charge in [0.05, 0.1) is 0 Å². The average Bonchev–Trinajstić information content (AvgIpc) is 1.64. The van der Waals surface area contributed by atoms with E-state index in [0.29, 0.717) is 0 Å². The van der Waals surface area contributed by atoms with Gasteiger partial charge in [-0.2, -0.15) is 8.42 Å². The lowest BCUT2D eigenvalue weighted by molar-refractivity contribution is 0.290. The van der Waals surface area contributed by atoms with E-state index in [4.69, 9.17) is 21.3 Å². The lowest BCUT2D eigenvalue weighted by Gasteiger charge is -2.00. The predicted molar refractivity (Wildman–Crippen MR) is 32.9 cm³/mol. The number of hydrogen-bond donors (Lipinski definition) is 2. The summed E-state index contributed by atoms with van der Waals surface area (Å²) in [4.78, 5) is 0. The lowest BCUT2D eigenvalue weighted by atomic mass is 10.5. The topological polar surface area (TPSA) is 74.6 Å². The fraction of sp³-hybridized carbons (Fsp3) is 1.00. The normalized spacial score (nSPS) is 15.4. The van der Waals surface area contributed by atoms with Gasteiger partial charge in [-0.15, -0.1) is 11.6 Å². The van der Waals surface area contributed by atoms with E-state index >= 15 is 0 Å². The van der Waals surface area contributed by atoms with Gasteiger partial charge in [0, 0.05) is 13.0 Å². The van der Waals surface area contributed by atoms with Crippen LogP contribution >= 0.6 is 11.6 Å². The lowest BCUT2D eigenvalue weighted by Crippen LogP contribution is -2.14. The van der Waals surface area contributed by atoms with Crippen molar-refractivity contribution in [2.45, 2.75) is 11.1 Å². The van der Waals surface area contributed by atoms with Gasteiger partial charge >= 0.3 is 0 Å². The molecule has 0 aromatic carbocycles. The van der Waals surface area contributed by atoms with Crippen LogP contribution < -0.4 is 0 Å². The second-order valence-corrected chi connectivity index (χ2v) is 3.82. The third-order valence-corrected chi connectivity index (χ3v) is 2.46. The summed E-state index contributed by atoms with van der Waals surface area (Å²) in [6.45, 7) is -0.353. The molecule has 0 aromatic rings. The Labute approximate surface area is 58.2 Å². The summed E-state index contributed by atoms with van der Waals surface area (Å²) in [6, 6.07) is 0. The number of aliphatic hydroxyl groups is 1. The number of halogens is 1. The number of hydrogen-bond acceptors (Lipinski definition) is 3. The third kappa shape index (κ3) is 3.69. The van der Waals surface area contributed by atoms with Crippen molar-refractivity contribution in [1.82, 2.24) is 0 Å². The molecule has 56 valence electrons. The molecule has 0 amide bonds. The molecule has 0 spiro atoms. The van der Waals surface area contributed by atoms with Crippen LogP contribution in [0.5, 0.6) is 0 Å². The molecule has 0 rings (SSSR count). The molecule has 0 aliphatic rings. The molecule has 9 heavy (non-hydrogen) atoms. The molecule has 0 heterocycles. The molecule has 6 heteroatoms. The fourth-order valence-electron chi connectivity index (χ4n) is 0.250. The highest BCUT2D eigenvalue weighted by Crippen LogP contribution is 2.07. The maximum Gasteiger partial charge on any atom is 0.282 e. The molecule has 0 fully saturated rings. The van der Waals surface area contributed by atoms with Crippen LogP contribution in [0.2, 0.25) is 0 Å². The predicted octanol–water partition coefficient (Wildman–Crippen LogP) is -0.178. The van der Waals surface area contributed by atoms with Crippen LogP contribution in [0.3, 0.4) is 0 Å². The van der Waals surface area contributed by atoms with Gasteiger partial charge in [-0.3, -0.25) is 4.55 Å². The Bertz CT molecular complexity index is 163. The zero-order valence-corrected chi connectivity index (χ0v) is 6.06. The zero-order valence-electron chi connectivity index (χ0n) is 4.49. The maximum absolute atomic E-state index is 10.0. The minimum Gasteiger partial charge on any atom is -0.396 e. The summed E-state index contributed by atoms with van der Waals surface area (Å²) < 4.78 is 26.8. The van der Waals surface area contributed by atoms with Gasteiger partial charge in [0.25, 0.3) is 10.1 Å². The Morgan fingerprint density at radius 3 is 2.11 bits per heavy atom. The molecule has 2 N–H and O–H groups in total. The minimum absolute atomic E-state index is 0.152. The smallest absolute Gasteiger partial charge is 0.282 e. The number of aliphatic hydroxyl groups excluding tert-OH is 1. The van der Waals surface area contributed by atoms with E-state index < -0.39 is 14.8 Å². The molecule has 0 saturated carbocycles. The number of rotatable bonds is 3. The first-order chi connectivity index (χ1) is 3.98. The summed E-state index contributed by atoms with van der Waals surface area (Å²) in [5, 5.41) is 8.14. The van der Waals surface area contributed by atoms with Crippen molar-refractivity contribution >= 4 is 21.7 Å². The Morgan fingerprint density at radius 2 is 2.00 bits per heavy atom. The van der Waals surface area contributed by atoms with E-state index in [1.807, 2.05) is 0 Å². The molecule has 0 bridgehead atoms. The quantitative estimate of drug-likeness (QED) is 0.460. The zero-order chi connectivity index (χ0) is 7.49. The molecule has 1 unspecified atom stereocenters. The first-order valence-electron chi connectivity index (χ1n) is 2.19. The Balaban J connectivity index is 3.90. The Kier molecular flexibility index (Phi) is 3.42. The van der Waals surface area contributed by atoms with Gasteiger partial charge in [-0.1, -0.05) is 0 Å². The number of alkyl halides is 1. The van der Waals surface area contributed by atoms with Crippen molar-refractivity contribution in [3.05, 3.63) is 0 Å². The SMILES string of the molecule is O=S(=O)(O)C(Cl)CCO. The molecule has 1 atom stereocenters. The summed E-state index contributed by atoms with van der Waals surface area (Å²) in [5.74, 6) is 0. The largest absolute Gasteiger partial charge is 0.396 e. The monoisotopic (exact) mass is 174 g/mol. The molecule has 4 nitrogen and oxygen atoms in total. The van der Waals surface area contributed by atoms with Crippen LogP contribution in [0.4, 0.5) is 0 Å². The maximum atomic E-state index is 10.0. The van der Waals surface area contributed by atoms with E-state index in [-0.39, 0.29) is 13.0 Å². The van der Waals surface area contributed by atoms with E-state index in [2.05, 4.69) is 0 Å². The summed E-state index contributed by atoms with van der Waals surface area (Å²) in [5.41, 5.74) is 0. The third-order valence-electron chi connectivity index (χ3n) is 0.679. The van der Waals surface area contributed by atoms with Gasteiger partial charge < -0.3 is 5.11 Å². The van der Waals surface area contributed by atoms with Crippen molar-refractivity contribution in [2.24, 2.45) is 0 Å². The Hall–Kier alpha value is 0.160. The van der Waals surface area contributed by atoms with Gasteiger partial charge in [0.15, 0.2) is 4.71 Å². The van der Waals surface area contributed by atoms with Gasteiger partial charge in [-0.25, -0.2) is 0 Å². The second kappa shape index (κ2) is 3.36. The van der Waals surface area contributed by atoms with Crippen molar-refractivity contribution in [2.75, 3.05) is 6.61 Å². The van der Waals surface area contributed by atoms with Gasteiger partial charge in [0.2, 0.25) is 0 Å². The first kappa shape index (κ1) is 9.16. The van der Waals surface area contributed by atoms with E-state index in [9.17, 15) is 8.42 Å². The van der Waals surface area contributed by atoms with Crippen LogP contribution in [0, 0.1) is 0 Å². The molecule has 0 aliphatic heterocycles. The van der Waals surface area contributed by atoms with E-state index in [0.717, 1.165) is 0 Å².